The number of carboxylic acids is 1. The number of carboxylic acid groups (broad SMARTS) is 1. The Kier molecular flexibility index (Phi) is 6.13. The predicted octanol–water partition coefficient (Wildman–Crippen LogP) is 2.78. The number of hydrogen-bond acceptors (Lipinski definition) is 5. The Morgan fingerprint density at radius 1 is 0.939 bits per heavy atom. The van der Waals surface area contributed by atoms with Gasteiger partial charge < -0.3 is 9.90 Å². The van der Waals surface area contributed by atoms with Crippen LogP contribution in [0.25, 0.3) is 22.4 Å². The molecule has 8 heteroatoms. The van der Waals surface area contributed by atoms with E-state index in [9.17, 15) is 18.3 Å². The Bertz CT molecular complexity index is 1390. The van der Waals surface area contributed by atoms with Crippen LogP contribution in [-0.4, -0.2) is 24.2 Å². The van der Waals surface area contributed by atoms with Crippen molar-refractivity contribution in [1.29, 1.82) is 0 Å². The van der Waals surface area contributed by atoms with Crippen molar-refractivity contribution in [3.8, 4) is 22.4 Å². The van der Waals surface area contributed by atoms with Gasteiger partial charge in [0.25, 0.3) is 0 Å². The van der Waals surface area contributed by atoms with E-state index in [4.69, 9.17) is 5.14 Å². The van der Waals surface area contributed by atoms with Gasteiger partial charge in [0.15, 0.2) is 0 Å². The summed E-state index contributed by atoms with van der Waals surface area (Å²) >= 11 is 0. The fourth-order valence-electron chi connectivity index (χ4n) is 3.71. The highest BCUT2D eigenvalue weighted by Gasteiger charge is 2.22. The number of carbonyl (C=O) groups excluding carboxylic acids is 1. The Labute approximate surface area is 192 Å². The minimum Gasteiger partial charge on any atom is -0.543 e. The van der Waals surface area contributed by atoms with Gasteiger partial charge in [-0.3, -0.25) is 4.68 Å². The van der Waals surface area contributed by atoms with E-state index in [1.807, 2.05) is 61.5 Å². The molecule has 0 bridgehead atoms. The molecule has 0 aliphatic rings. The van der Waals surface area contributed by atoms with Gasteiger partial charge in [0.2, 0.25) is 10.0 Å². The first kappa shape index (κ1) is 22.4. The van der Waals surface area contributed by atoms with Crippen LogP contribution < -0.4 is 10.2 Å². The first-order chi connectivity index (χ1) is 15.7. The molecule has 0 spiro atoms. The van der Waals surface area contributed by atoms with Gasteiger partial charge in [-0.2, -0.15) is 5.10 Å². The highest BCUT2D eigenvalue weighted by molar-refractivity contribution is 7.89. The van der Waals surface area contributed by atoms with Gasteiger partial charge in [0.05, 0.1) is 16.6 Å². The summed E-state index contributed by atoms with van der Waals surface area (Å²) in [4.78, 5) is 12.2. The predicted molar refractivity (Wildman–Crippen MR) is 124 cm³/mol. The quantitative estimate of drug-likeness (QED) is 0.455. The van der Waals surface area contributed by atoms with E-state index < -0.39 is 16.0 Å². The number of aryl methyl sites for hydroxylation is 3. The summed E-state index contributed by atoms with van der Waals surface area (Å²) in [5.41, 5.74) is 4.14. The molecular formula is C25H22N3O4S-. The van der Waals surface area contributed by atoms with Crippen molar-refractivity contribution in [2.45, 2.75) is 24.8 Å². The topological polar surface area (TPSA) is 118 Å². The van der Waals surface area contributed by atoms with Gasteiger partial charge >= 0.3 is 0 Å². The molecule has 0 aliphatic carbocycles. The van der Waals surface area contributed by atoms with Crippen LogP contribution in [0.3, 0.4) is 0 Å². The average molecular weight is 461 g/mol. The second kappa shape index (κ2) is 9.01. The fraction of sp³-hybridized carbons (Fsp3) is 0.120. The highest BCUT2D eigenvalue weighted by atomic mass is 32.2. The SMILES string of the molecule is Cc1ccc(-c2c(-c3ccc(S(N)(=O)=O)cc3)nn(CCc3ccccc3)c2C(=O)[O-])cc1. The molecule has 168 valence electrons. The van der Waals surface area contributed by atoms with Crippen molar-refractivity contribution in [3.05, 3.63) is 95.7 Å². The van der Waals surface area contributed by atoms with Crippen molar-refractivity contribution in [1.82, 2.24) is 9.78 Å². The van der Waals surface area contributed by atoms with Crippen molar-refractivity contribution >= 4 is 16.0 Å². The molecule has 0 amide bonds. The summed E-state index contributed by atoms with van der Waals surface area (Å²) in [6.07, 6.45) is 0.583. The number of aromatic nitrogens is 2. The Balaban J connectivity index is 1.86. The Morgan fingerprint density at radius 3 is 2.12 bits per heavy atom. The molecule has 0 aliphatic heterocycles. The standard InChI is InChI=1S/C25H23N3O4S/c1-17-7-9-19(10-8-17)22-23(20-11-13-21(14-12-20)33(26,31)32)27-28(24(22)25(29)30)16-15-18-5-3-2-4-6-18/h2-14H,15-16H2,1H3,(H,29,30)(H2,26,31,32)/p-1. The van der Waals surface area contributed by atoms with Gasteiger partial charge in [-0.05, 0) is 36.6 Å². The minimum absolute atomic E-state index is 0.0275. The molecule has 4 aromatic rings. The van der Waals surface area contributed by atoms with Crippen molar-refractivity contribution in [2.75, 3.05) is 0 Å². The van der Waals surface area contributed by atoms with Crippen LogP contribution in [0.2, 0.25) is 0 Å². The number of primary sulfonamides is 1. The van der Waals surface area contributed by atoms with E-state index in [1.54, 1.807) is 12.1 Å². The fourth-order valence-corrected chi connectivity index (χ4v) is 4.22. The molecule has 0 radical (unpaired) electrons. The third-order valence-electron chi connectivity index (χ3n) is 5.40. The molecule has 0 unspecified atom stereocenters. The highest BCUT2D eigenvalue weighted by Crippen LogP contribution is 2.35. The zero-order chi connectivity index (χ0) is 23.6. The lowest BCUT2D eigenvalue weighted by Crippen LogP contribution is -2.27. The zero-order valence-corrected chi connectivity index (χ0v) is 18.7. The largest absolute Gasteiger partial charge is 0.543 e. The summed E-state index contributed by atoms with van der Waals surface area (Å²) in [6, 6.07) is 23.1. The number of benzene rings is 3. The van der Waals surface area contributed by atoms with Gasteiger partial charge in [0.1, 0.15) is 5.69 Å². The lowest BCUT2D eigenvalue weighted by atomic mass is 9.98. The minimum atomic E-state index is -3.85. The van der Waals surface area contributed by atoms with Crippen LogP contribution >= 0.6 is 0 Å². The Morgan fingerprint density at radius 2 is 1.55 bits per heavy atom. The van der Waals surface area contributed by atoms with Gasteiger partial charge in [-0.25, -0.2) is 13.6 Å². The lowest BCUT2D eigenvalue weighted by molar-refractivity contribution is -0.255. The smallest absolute Gasteiger partial charge is 0.238 e. The van der Waals surface area contributed by atoms with Crippen molar-refractivity contribution in [3.63, 3.8) is 0 Å². The first-order valence-electron chi connectivity index (χ1n) is 10.3. The maximum atomic E-state index is 12.3. The number of rotatable bonds is 7. The molecule has 0 fully saturated rings. The monoisotopic (exact) mass is 460 g/mol. The van der Waals surface area contributed by atoms with Crippen LogP contribution in [0, 0.1) is 6.92 Å². The van der Waals surface area contributed by atoms with E-state index in [-0.39, 0.29) is 10.6 Å². The lowest BCUT2D eigenvalue weighted by Gasteiger charge is -2.11. The number of hydrogen-bond donors (Lipinski definition) is 1. The molecule has 33 heavy (non-hydrogen) atoms. The Hall–Kier alpha value is -3.75. The molecule has 2 N–H and O–H groups in total. The third-order valence-corrected chi connectivity index (χ3v) is 6.33. The number of carbonyl (C=O) groups is 1. The molecular weight excluding hydrogens is 438 g/mol. The van der Waals surface area contributed by atoms with Crippen LogP contribution in [0.1, 0.15) is 21.6 Å². The summed E-state index contributed by atoms with van der Waals surface area (Å²) in [7, 11) is -3.85. The van der Waals surface area contributed by atoms with E-state index in [0.717, 1.165) is 11.1 Å². The number of aromatic carboxylic acids is 1. The second-order valence-corrected chi connectivity index (χ2v) is 9.32. The number of nitrogens with zero attached hydrogens (tertiary/aromatic N) is 2. The van der Waals surface area contributed by atoms with Gasteiger partial charge in [-0.1, -0.05) is 72.3 Å². The maximum absolute atomic E-state index is 12.3. The summed E-state index contributed by atoms with van der Waals surface area (Å²) in [5.74, 6) is -1.33. The van der Waals surface area contributed by atoms with Crippen LogP contribution in [0.15, 0.2) is 83.8 Å². The van der Waals surface area contributed by atoms with E-state index in [1.165, 1.54) is 16.8 Å². The van der Waals surface area contributed by atoms with E-state index in [0.29, 0.717) is 35.3 Å². The van der Waals surface area contributed by atoms with Crippen LogP contribution in [0.4, 0.5) is 0 Å². The van der Waals surface area contributed by atoms with E-state index >= 15 is 0 Å². The van der Waals surface area contributed by atoms with E-state index in [2.05, 4.69) is 5.10 Å². The summed E-state index contributed by atoms with van der Waals surface area (Å²) in [6.45, 7) is 2.28. The molecule has 4 rings (SSSR count). The van der Waals surface area contributed by atoms with Gasteiger partial charge in [-0.15, -0.1) is 0 Å². The first-order valence-corrected chi connectivity index (χ1v) is 11.8. The average Bonchev–Trinajstić information content (AvgIpc) is 3.18. The molecule has 0 atom stereocenters. The molecule has 0 saturated carbocycles. The number of nitrogens with two attached hydrogens (primary N) is 1. The number of sulfonamides is 1. The summed E-state index contributed by atoms with van der Waals surface area (Å²) in [5, 5.41) is 22.1. The van der Waals surface area contributed by atoms with Crippen LogP contribution in [0.5, 0.6) is 0 Å². The van der Waals surface area contributed by atoms with Crippen LogP contribution in [-0.2, 0) is 23.0 Å². The molecule has 1 aromatic heterocycles. The van der Waals surface area contributed by atoms with Crippen molar-refractivity contribution < 1.29 is 18.3 Å². The molecule has 7 nitrogen and oxygen atoms in total. The third kappa shape index (κ3) is 4.87. The van der Waals surface area contributed by atoms with Crippen molar-refractivity contribution in [2.24, 2.45) is 5.14 Å². The van der Waals surface area contributed by atoms with Gasteiger partial charge in [0, 0.05) is 17.7 Å². The molecule has 1 heterocycles. The normalized spacial score (nSPS) is 11.5. The maximum Gasteiger partial charge on any atom is 0.238 e. The molecule has 3 aromatic carbocycles. The summed E-state index contributed by atoms with van der Waals surface area (Å²) < 4.78 is 24.7. The molecule has 0 saturated heterocycles. The second-order valence-electron chi connectivity index (χ2n) is 7.75. The zero-order valence-electron chi connectivity index (χ0n) is 17.9.